The van der Waals surface area contributed by atoms with Gasteiger partial charge in [0.05, 0.1) is 17.4 Å². The van der Waals surface area contributed by atoms with Crippen LogP contribution in [0.4, 0.5) is 33.5 Å². The fourth-order valence-electron chi connectivity index (χ4n) is 4.06. The predicted octanol–water partition coefficient (Wildman–Crippen LogP) is 2.68. The number of hydrogen-bond donors (Lipinski definition) is 3. The van der Waals surface area contributed by atoms with E-state index in [1.54, 1.807) is 6.92 Å². The second-order valence-corrected chi connectivity index (χ2v) is 8.54. The summed E-state index contributed by atoms with van der Waals surface area (Å²) in [7, 11) is 0. The summed E-state index contributed by atoms with van der Waals surface area (Å²) >= 11 is 0. The fourth-order valence-corrected chi connectivity index (χ4v) is 4.06. The molecule has 0 amide bonds. The molecule has 3 N–H and O–H groups in total. The lowest BCUT2D eigenvalue weighted by molar-refractivity contribution is -0.374. The second-order valence-electron chi connectivity index (χ2n) is 8.54. The molecule has 0 saturated carbocycles. The van der Waals surface area contributed by atoms with Crippen molar-refractivity contribution < 1.29 is 42.0 Å². The van der Waals surface area contributed by atoms with Crippen LogP contribution in [0.3, 0.4) is 0 Å². The third-order valence-corrected chi connectivity index (χ3v) is 5.69. The first-order valence-corrected chi connectivity index (χ1v) is 10.9. The Bertz CT molecular complexity index is 1470. The summed E-state index contributed by atoms with van der Waals surface area (Å²) in [5, 5.41) is 27.8. The van der Waals surface area contributed by atoms with Crippen LogP contribution in [0.5, 0.6) is 0 Å². The Morgan fingerprint density at radius 1 is 1.22 bits per heavy atom. The summed E-state index contributed by atoms with van der Waals surface area (Å²) in [6.45, 7) is 0.980. The highest BCUT2D eigenvalue weighted by Crippen LogP contribution is 2.34. The quantitative estimate of drug-likeness (QED) is 0.267. The average Bonchev–Trinajstić information content (AvgIpc) is 3.23. The van der Waals surface area contributed by atoms with Crippen molar-refractivity contribution in [1.82, 2.24) is 9.55 Å². The maximum Gasteiger partial charge on any atom is 0.377 e. The van der Waals surface area contributed by atoms with Crippen molar-refractivity contribution in [2.45, 2.75) is 37.9 Å². The Labute approximate surface area is 206 Å². The molecular formula is C24H20F5N3O5. The van der Waals surface area contributed by atoms with Crippen molar-refractivity contribution in [2.75, 3.05) is 18.1 Å². The molecule has 1 aliphatic heterocycles. The van der Waals surface area contributed by atoms with E-state index in [4.69, 9.17) is 4.74 Å². The van der Waals surface area contributed by atoms with E-state index >= 15 is 0 Å². The molecule has 2 aromatic carbocycles. The summed E-state index contributed by atoms with van der Waals surface area (Å²) in [6.07, 6.45) is -5.63. The van der Waals surface area contributed by atoms with Crippen molar-refractivity contribution in [2.24, 2.45) is 0 Å². The van der Waals surface area contributed by atoms with E-state index in [2.05, 4.69) is 16.8 Å². The largest absolute Gasteiger partial charge is 0.377 e. The zero-order chi connectivity index (χ0) is 27.1. The molecule has 0 spiro atoms. The number of halogens is 5. The molecule has 1 unspecified atom stereocenters. The number of aromatic nitrogens is 2. The normalized spacial score (nSPS) is 17.8. The molecule has 37 heavy (non-hydrogen) atoms. The van der Waals surface area contributed by atoms with Gasteiger partial charge in [-0.25, -0.2) is 31.3 Å². The fraction of sp³-hybridized carbons (Fsp3) is 0.333. The van der Waals surface area contributed by atoms with Crippen molar-refractivity contribution in [3.8, 4) is 11.8 Å². The summed E-state index contributed by atoms with van der Waals surface area (Å²) in [5.41, 5.74) is -3.48. The first-order valence-electron chi connectivity index (χ1n) is 10.9. The van der Waals surface area contributed by atoms with E-state index < -0.39 is 64.5 Å². The molecule has 1 saturated heterocycles. The third kappa shape index (κ3) is 5.42. The minimum atomic E-state index is -3.89. The molecule has 0 aliphatic carbocycles. The molecule has 1 aliphatic rings. The molecule has 196 valence electrons. The summed E-state index contributed by atoms with van der Waals surface area (Å²) in [6, 6.07) is 4.23. The number of ether oxygens (including phenoxy) is 1. The van der Waals surface area contributed by atoms with Crippen LogP contribution in [-0.2, 0) is 10.8 Å². The molecular weight excluding hydrogens is 505 g/mol. The van der Waals surface area contributed by atoms with Gasteiger partial charge in [-0.15, -0.1) is 0 Å². The van der Waals surface area contributed by atoms with Gasteiger partial charge in [-0.1, -0.05) is 11.8 Å². The van der Waals surface area contributed by atoms with Gasteiger partial charge in [-0.3, -0.25) is 0 Å². The van der Waals surface area contributed by atoms with Gasteiger partial charge in [0.2, 0.25) is 0 Å². The second kappa shape index (κ2) is 9.71. The first kappa shape index (κ1) is 26.5. The molecule has 1 aromatic heterocycles. The number of benzene rings is 2. The Morgan fingerprint density at radius 2 is 1.95 bits per heavy atom. The Morgan fingerprint density at radius 3 is 2.57 bits per heavy atom. The lowest BCUT2D eigenvalue weighted by atomic mass is 10.0. The van der Waals surface area contributed by atoms with Gasteiger partial charge in [-0.05, 0) is 50.1 Å². The van der Waals surface area contributed by atoms with Crippen LogP contribution in [0.2, 0.25) is 0 Å². The number of fused-ring (bicyclic) bond motifs is 1. The maximum absolute atomic E-state index is 15.0. The lowest BCUT2D eigenvalue weighted by Crippen LogP contribution is -2.43. The summed E-state index contributed by atoms with van der Waals surface area (Å²) in [4.78, 5) is 16.5. The van der Waals surface area contributed by atoms with Crippen LogP contribution in [0.1, 0.15) is 25.3 Å². The number of anilines is 2. The summed E-state index contributed by atoms with van der Waals surface area (Å²) < 4.78 is 76.3. The van der Waals surface area contributed by atoms with Crippen molar-refractivity contribution in [3.63, 3.8) is 0 Å². The number of aliphatic hydroxyl groups is 3. The monoisotopic (exact) mass is 525 g/mol. The Balaban J connectivity index is 1.96. The highest BCUT2D eigenvalue weighted by Gasteiger charge is 2.32. The van der Waals surface area contributed by atoms with Crippen LogP contribution in [0, 0.1) is 29.3 Å². The van der Waals surface area contributed by atoms with E-state index in [1.165, 1.54) is 6.07 Å². The highest BCUT2D eigenvalue weighted by atomic mass is 19.3. The number of rotatable bonds is 5. The van der Waals surface area contributed by atoms with Gasteiger partial charge in [0.15, 0.2) is 17.5 Å². The van der Waals surface area contributed by atoms with E-state index in [-0.39, 0.29) is 15.8 Å². The van der Waals surface area contributed by atoms with E-state index in [9.17, 15) is 42.1 Å². The minimum Gasteiger partial charge on any atom is -0.363 e. The average molecular weight is 525 g/mol. The standard InChI is InChI=1S/C24H20F5N3O5/c1-23(6-2-8-37-23)7-5-13-9-14(25)11-15(10-13)31(12-18(27)28)21-19-17(4-3-16(26)20(19)29)32(22(33)30-21)24(34,35)36/h3-4,9-11,18,34-36H,2,6,8,12H2,1H3. The number of nitrogens with zero attached hydrogens (tertiary/aromatic N) is 3. The molecule has 13 heteroatoms. The molecule has 0 radical (unpaired) electrons. The molecule has 1 fully saturated rings. The van der Waals surface area contributed by atoms with Gasteiger partial charge in [0, 0.05) is 17.9 Å². The van der Waals surface area contributed by atoms with Crippen molar-refractivity contribution in [3.05, 3.63) is 63.8 Å². The summed E-state index contributed by atoms with van der Waals surface area (Å²) in [5.74, 6) is 0.595. The number of alkyl halides is 2. The van der Waals surface area contributed by atoms with Gasteiger partial charge >= 0.3 is 11.8 Å². The van der Waals surface area contributed by atoms with Gasteiger partial charge in [-0.2, -0.15) is 4.98 Å². The number of hydrogen-bond acceptors (Lipinski definition) is 7. The van der Waals surface area contributed by atoms with Crippen LogP contribution < -0.4 is 10.6 Å². The molecule has 4 rings (SSSR count). The highest BCUT2D eigenvalue weighted by molar-refractivity contribution is 5.92. The molecule has 0 bridgehead atoms. The minimum absolute atomic E-state index is 0.0374. The van der Waals surface area contributed by atoms with Gasteiger partial charge in [0.1, 0.15) is 11.4 Å². The van der Waals surface area contributed by atoms with Crippen molar-refractivity contribution in [1.29, 1.82) is 0 Å². The van der Waals surface area contributed by atoms with E-state index in [0.29, 0.717) is 30.1 Å². The predicted molar refractivity (Wildman–Crippen MR) is 120 cm³/mol. The topological polar surface area (TPSA) is 108 Å². The van der Waals surface area contributed by atoms with E-state index in [1.807, 2.05) is 0 Å². The smallest absolute Gasteiger partial charge is 0.363 e. The molecule has 1 atom stereocenters. The van der Waals surface area contributed by atoms with Crippen LogP contribution in [0.25, 0.3) is 10.9 Å². The lowest BCUT2D eigenvalue weighted by Gasteiger charge is -2.27. The SMILES string of the molecule is CC1(C#Cc2cc(F)cc(N(CC(F)F)c3nc(=O)n(C(O)(O)O)c4ccc(F)c(F)c34)c2)CCCO1. The zero-order valence-electron chi connectivity index (χ0n) is 19.2. The van der Waals surface area contributed by atoms with E-state index in [0.717, 1.165) is 18.6 Å². The zero-order valence-corrected chi connectivity index (χ0v) is 19.2. The molecule has 2 heterocycles. The molecule has 8 nitrogen and oxygen atoms in total. The van der Waals surface area contributed by atoms with Crippen LogP contribution in [0.15, 0.2) is 35.1 Å². The van der Waals surface area contributed by atoms with Crippen LogP contribution in [-0.4, -0.2) is 50.0 Å². The first-order chi connectivity index (χ1) is 17.3. The third-order valence-electron chi connectivity index (χ3n) is 5.69. The van der Waals surface area contributed by atoms with Gasteiger partial charge in [0.25, 0.3) is 6.43 Å². The van der Waals surface area contributed by atoms with Crippen molar-refractivity contribution >= 4 is 22.4 Å². The Kier molecular flexibility index (Phi) is 6.95. The van der Waals surface area contributed by atoms with Crippen LogP contribution >= 0.6 is 0 Å². The maximum atomic E-state index is 15.0. The van der Waals surface area contributed by atoms with Gasteiger partial charge < -0.3 is 25.0 Å². The molecule has 3 aromatic rings. The Hall–Kier alpha value is -3.57.